The zero-order chi connectivity index (χ0) is 34.0. The molecule has 0 saturated carbocycles. The Kier molecular flexibility index (Phi) is 11.6. The van der Waals surface area contributed by atoms with Gasteiger partial charge < -0.3 is 16.0 Å². The van der Waals surface area contributed by atoms with Gasteiger partial charge in [0.15, 0.2) is 5.13 Å². The maximum atomic E-state index is 13.6. The summed E-state index contributed by atoms with van der Waals surface area (Å²) in [5.41, 5.74) is 4.92. The van der Waals surface area contributed by atoms with E-state index in [0.29, 0.717) is 28.7 Å². The van der Waals surface area contributed by atoms with E-state index < -0.39 is 5.91 Å². The van der Waals surface area contributed by atoms with E-state index in [1.807, 2.05) is 92.7 Å². The number of carbonyl (C=O) groups excluding carboxylic acids is 3. The molecule has 48 heavy (non-hydrogen) atoms. The molecular formula is C39H38N4O3S2. The lowest BCUT2D eigenvalue weighted by Gasteiger charge is -2.15. The Balaban J connectivity index is 1.29. The first kappa shape index (κ1) is 34.3. The second kappa shape index (κ2) is 16.2. The molecule has 1 atom stereocenters. The van der Waals surface area contributed by atoms with E-state index in [4.69, 9.17) is 0 Å². The van der Waals surface area contributed by atoms with Crippen molar-refractivity contribution in [2.75, 3.05) is 10.6 Å². The van der Waals surface area contributed by atoms with Crippen molar-refractivity contribution in [3.63, 3.8) is 0 Å². The highest BCUT2D eigenvalue weighted by Gasteiger charge is 2.21. The maximum absolute atomic E-state index is 13.6. The number of rotatable bonds is 12. The van der Waals surface area contributed by atoms with Crippen molar-refractivity contribution in [1.82, 2.24) is 10.3 Å². The van der Waals surface area contributed by atoms with Crippen molar-refractivity contribution in [2.24, 2.45) is 0 Å². The number of hydrogen-bond donors (Lipinski definition) is 3. The van der Waals surface area contributed by atoms with Crippen molar-refractivity contribution in [3.8, 4) is 11.3 Å². The number of aryl methyl sites for hydroxylation is 1. The van der Waals surface area contributed by atoms with Crippen molar-refractivity contribution in [1.29, 1.82) is 0 Å². The Bertz CT molecular complexity index is 1900. The number of thioether (sulfide) groups is 1. The molecule has 5 rings (SSSR count). The molecule has 0 saturated heterocycles. The zero-order valence-corrected chi connectivity index (χ0v) is 29.0. The van der Waals surface area contributed by atoms with Crippen LogP contribution in [-0.4, -0.2) is 28.0 Å². The fourth-order valence-electron chi connectivity index (χ4n) is 4.92. The summed E-state index contributed by atoms with van der Waals surface area (Å²) in [5, 5.41) is 8.91. The molecule has 3 N–H and O–H groups in total. The standard InChI is InChI=1S/C39H38N4O3S2/c1-5-34(38(46)43-39-42-35(26(4)47-39)29-13-8-6-9-14-29)48-32-18-12-17-31(24-32)40-37(45)33(41-36(44)30-15-10-7-11-16-30)23-27-19-21-28(22-20-27)25(2)3/h6-25,34H,5H2,1-4H3,(H,40,45)(H,41,44)(H,42,43,46)/b33-23+. The Morgan fingerprint density at radius 1 is 0.854 bits per heavy atom. The Morgan fingerprint density at radius 3 is 2.21 bits per heavy atom. The van der Waals surface area contributed by atoms with Gasteiger partial charge in [0.1, 0.15) is 5.70 Å². The smallest absolute Gasteiger partial charge is 0.272 e. The summed E-state index contributed by atoms with van der Waals surface area (Å²) in [4.78, 5) is 46.5. The number of carbonyl (C=O) groups is 3. The topological polar surface area (TPSA) is 100 Å². The van der Waals surface area contributed by atoms with Gasteiger partial charge in [-0.05, 0) is 66.8 Å². The van der Waals surface area contributed by atoms with E-state index in [0.717, 1.165) is 26.6 Å². The van der Waals surface area contributed by atoms with Gasteiger partial charge in [-0.1, -0.05) is 99.6 Å². The lowest BCUT2D eigenvalue weighted by molar-refractivity contribution is -0.116. The normalized spacial score (nSPS) is 12.0. The molecule has 1 aromatic heterocycles. The summed E-state index contributed by atoms with van der Waals surface area (Å²) in [6.07, 6.45) is 2.26. The lowest BCUT2D eigenvalue weighted by Crippen LogP contribution is -2.30. The molecule has 1 heterocycles. The second-order valence-corrected chi connectivity index (χ2v) is 14.0. The fourth-order valence-corrected chi connectivity index (χ4v) is 6.77. The van der Waals surface area contributed by atoms with Crippen LogP contribution in [0.5, 0.6) is 0 Å². The van der Waals surface area contributed by atoms with Crippen LogP contribution in [-0.2, 0) is 9.59 Å². The third kappa shape index (κ3) is 9.08. The largest absolute Gasteiger partial charge is 0.321 e. The first-order valence-electron chi connectivity index (χ1n) is 15.8. The molecular weight excluding hydrogens is 637 g/mol. The van der Waals surface area contributed by atoms with Crippen LogP contribution in [0.1, 0.15) is 59.5 Å². The van der Waals surface area contributed by atoms with Crippen molar-refractivity contribution >= 4 is 57.7 Å². The molecule has 4 aromatic carbocycles. The van der Waals surface area contributed by atoms with Crippen molar-refractivity contribution < 1.29 is 14.4 Å². The summed E-state index contributed by atoms with van der Waals surface area (Å²) in [6, 6.07) is 33.9. The van der Waals surface area contributed by atoms with E-state index >= 15 is 0 Å². The predicted octanol–water partition coefficient (Wildman–Crippen LogP) is 9.16. The fraction of sp³-hybridized carbons (Fsp3) is 0.179. The molecule has 0 spiro atoms. The molecule has 0 aliphatic carbocycles. The Morgan fingerprint density at radius 2 is 1.54 bits per heavy atom. The molecule has 0 radical (unpaired) electrons. The zero-order valence-electron chi connectivity index (χ0n) is 27.3. The minimum absolute atomic E-state index is 0.110. The van der Waals surface area contributed by atoms with Crippen LogP contribution < -0.4 is 16.0 Å². The quantitative estimate of drug-likeness (QED) is 0.0905. The molecule has 0 bridgehead atoms. The van der Waals surface area contributed by atoms with Gasteiger partial charge in [-0.3, -0.25) is 14.4 Å². The molecule has 244 valence electrons. The Labute approximate surface area is 289 Å². The average Bonchev–Trinajstić information content (AvgIpc) is 3.47. The van der Waals surface area contributed by atoms with Gasteiger partial charge in [0, 0.05) is 26.6 Å². The molecule has 3 amide bonds. The number of nitrogens with zero attached hydrogens (tertiary/aromatic N) is 1. The van der Waals surface area contributed by atoms with Gasteiger partial charge in [0.05, 0.1) is 10.9 Å². The van der Waals surface area contributed by atoms with Crippen LogP contribution in [0, 0.1) is 6.92 Å². The van der Waals surface area contributed by atoms with E-state index in [2.05, 4.69) is 34.8 Å². The summed E-state index contributed by atoms with van der Waals surface area (Å²) in [6.45, 7) is 8.20. The summed E-state index contributed by atoms with van der Waals surface area (Å²) in [7, 11) is 0. The first-order valence-corrected chi connectivity index (χ1v) is 17.5. The van der Waals surface area contributed by atoms with Crippen molar-refractivity contribution in [2.45, 2.75) is 50.2 Å². The van der Waals surface area contributed by atoms with Crippen LogP contribution in [0.3, 0.4) is 0 Å². The number of thiazole rings is 1. The van der Waals surface area contributed by atoms with Gasteiger partial charge in [0.2, 0.25) is 5.91 Å². The third-order valence-corrected chi connectivity index (χ3v) is 9.79. The van der Waals surface area contributed by atoms with Crippen LogP contribution in [0.2, 0.25) is 0 Å². The van der Waals surface area contributed by atoms with Crippen molar-refractivity contribution in [3.05, 3.63) is 136 Å². The second-order valence-electron chi connectivity index (χ2n) is 11.5. The van der Waals surface area contributed by atoms with E-state index in [1.165, 1.54) is 28.7 Å². The summed E-state index contributed by atoms with van der Waals surface area (Å²) < 4.78 is 0. The molecule has 0 aliphatic rings. The number of aromatic nitrogens is 1. The minimum atomic E-state index is -0.465. The van der Waals surface area contributed by atoms with Gasteiger partial charge in [-0.25, -0.2) is 4.98 Å². The maximum Gasteiger partial charge on any atom is 0.272 e. The number of benzene rings is 4. The van der Waals surface area contributed by atoms with E-state index in [1.54, 1.807) is 36.4 Å². The average molecular weight is 675 g/mol. The van der Waals surface area contributed by atoms with Crippen LogP contribution in [0.15, 0.2) is 120 Å². The molecule has 0 fully saturated rings. The van der Waals surface area contributed by atoms with Gasteiger partial charge in [-0.2, -0.15) is 0 Å². The molecule has 5 aromatic rings. The highest BCUT2D eigenvalue weighted by molar-refractivity contribution is 8.00. The number of amides is 3. The SMILES string of the molecule is CCC(Sc1cccc(NC(=O)/C(=C\c2ccc(C(C)C)cc2)NC(=O)c2ccccc2)c1)C(=O)Nc1nc(-c2ccccc2)c(C)s1. The monoisotopic (exact) mass is 674 g/mol. The van der Waals surface area contributed by atoms with E-state index in [9.17, 15) is 14.4 Å². The Hall–Kier alpha value is -4.99. The predicted molar refractivity (Wildman–Crippen MR) is 198 cm³/mol. The minimum Gasteiger partial charge on any atom is -0.321 e. The van der Waals surface area contributed by atoms with E-state index in [-0.39, 0.29) is 22.8 Å². The van der Waals surface area contributed by atoms with Gasteiger partial charge in [-0.15, -0.1) is 23.1 Å². The third-order valence-electron chi connectivity index (χ3n) is 7.55. The summed E-state index contributed by atoms with van der Waals surface area (Å²) >= 11 is 2.87. The number of nitrogens with one attached hydrogen (secondary N) is 3. The van der Waals surface area contributed by atoms with Gasteiger partial charge >= 0.3 is 0 Å². The summed E-state index contributed by atoms with van der Waals surface area (Å²) in [5.74, 6) is -0.616. The lowest BCUT2D eigenvalue weighted by atomic mass is 10.0. The molecule has 9 heteroatoms. The molecule has 1 unspecified atom stereocenters. The van der Waals surface area contributed by atoms with Gasteiger partial charge in [0.25, 0.3) is 11.8 Å². The van der Waals surface area contributed by atoms with Crippen LogP contribution in [0.4, 0.5) is 10.8 Å². The number of hydrogen-bond acceptors (Lipinski definition) is 6. The first-order chi connectivity index (χ1) is 23.2. The molecule has 0 aliphatic heterocycles. The highest BCUT2D eigenvalue weighted by atomic mass is 32.2. The molecule has 7 nitrogen and oxygen atoms in total. The van der Waals surface area contributed by atoms with Crippen LogP contribution >= 0.6 is 23.1 Å². The number of anilines is 2. The highest BCUT2D eigenvalue weighted by Crippen LogP contribution is 2.32. The van der Waals surface area contributed by atoms with Crippen LogP contribution in [0.25, 0.3) is 17.3 Å².